The maximum absolute atomic E-state index is 7.67. The molecular weight excluding hydrogens is 1110 g/mol. The molecule has 6 nitrogen and oxygen atoms in total. The van der Waals surface area contributed by atoms with Crippen LogP contribution in [0.1, 0.15) is 0 Å². The van der Waals surface area contributed by atoms with Gasteiger partial charge in [-0.05, 0) is 136 Å². The number of rotatable bonds is 8. The first kappa shape index (κ1) is 49.5. The average Bonchev–Trinajstić information content (AvgIpc) is 0.800. The number of para-hydroxylation sites is 6. The molecule has 4 aliphatic heterocycles. The Morgan fingerprint density at radius 3 is 1.02 bits per heavy atom. The van der Waals surface area contributed by atoms with Crippen LogP contribution < -0.4 is 61.9 Å². The standard InChI is InChI=1S/C78H48B2N4O2S2/c1-7-23-49(24-8-1)81(50-25-9-2-10-26-50)55-43-67-73-69(45-55)85-75-61(41-39-59-57-35-19-21-37-71(57)87-77(59)75)79(73)63-47-64-66(48-65(63)83(67)53-31-15-5-16-32-53)84(54-33-17-6-18-34-54)68-44-56(82(51-27-11-3-12-28-51)52-29-13-4-14-30-52)46-70-74(68)80(64)62-42-40-60-58-36-20-22-38-72(58)88-78(60)76(62)86-70/h1-48H. The monoisotopic (exact) mass is 1160 g/mol. The van der Waals surface area contributed by atoms with Crippen LogP contribution in [0.2, 0.25) is 0 Å². The summed E-state index contributed by atoms with van der Waals surface area (Å²) >= 11 is 3.64. The van der Waals surface area contributed by atoms with E-state index in [4.69, 9.17) is 9.47 Å². The molecule has 0 radical (unpaired) electrons. The Balaban J connectivity index is 0.935. The Morgan fingerprint density at radius 2 is 0.636 bits per heavy atom. The molecule has 0 saturated heterocycles. The van der Waals surface area contributed by atoms with Gasteiger partial charge in [-0.2, -0.15) is 0 Å². The molecule has 0 bridgehead atoms. The van der Waals surface area contributed by atoms with Crippen LogP contribution in [-0.4, -0.2) is 13.4 Å². The van der Waals surface area contributed by atoms with E-state index >= 15 is 0 Å². The molecule has 6 heterocycles. The highest BCUT2D eigenvalue weighted by molar-refractivity contribution is 7.27. The first-order valence-corrected chi connectivity index (χ1v) is 31.6. The molecule has 13 aromatic carbocycles. The van der Waals surface area contributed by atoms with E-state index in [-0.39, 0.29) is 13.4 Å². The Bertz CT molecular complexity index is 4910. The summed E-state index contributed by atoms with van der Waals surface area (Å²) < 4.78 is 20.1. The fourth-order valence-electron chi connectivity index (χ4n) is 14.6. The van der Waals surface area contributed by atoms with Gasteiger partial charge in [0.1, 0.15) is 23.0 Å². The molecule has 0 aliphatic carbocycles. The number of hydrogen-bond donors (Lipinski definition) is 0. The van der Waals surface area contributed by atoms with E-state index in [1.54, 1.807) is 0 Å². The zero-order chi connectivity index (χ0) is 57.6. The van der Waals surface area contributed by atoms with Crippen LogP contribution in [0.3, 0.4) is 0 Å². The summed E-state index contributed by atoms with van der Waals surface area (Å²) in [7, 11) is 0. The minimum absolute atomic E-state index is 0.220. The summed E-state index contributed by atoms with van der Waals surface area (Å²) in [6, 6.07) is 106. The van der Waals surface area contributed by atoms with Gasteiger partial charge in [0.2, 0.25) is 0 Å². The van der Waals surface area contributed by atoms with Crippen molar-refractivity contribution in [2.75, 3.05) is 19.6 Å². The van der Waals surface area contributed by atoms with E-state index in [2.05, 4.69) is 311 Å². The predicted molar refractivity (Wildman–Crippen MR) is 373 cm³/mol. The highest BCUT2D eigenvalue weighted by Crippen LogP contribution is 2.52. The third-order valence-electron chi connectivity index (χ3n) is 18.3. The van der Waals surface area contributed by atoms with Crippen molar-refractivity contribution < 1.29 is 9.47 Å². The van der Waals surface area contributed by atoms with Gasteiger partial charge in [0.05, 0.1) is 20.8 Å². The van der Waals surface area contributed by atoms with Crippen molar-refractivity contribution >= 4 is 177 Å². The van der Waals surface area contributed by atoms with E-state index in [0.29, 0.717) is 0 Å². The molecule has 0 atom stereocenters. The van der Waals surface area contributed by atoms with E-state index in [1.807, 2.05) is 22.7 Å². The van der Waals surface area contributed by atoms with Gasteiger partial charge in [-0.15, -0.1) is 22.7 Å². The molecule has 15 aromatic rings. The lowest BCUT2D eigenvalue weighted by molar-refractivity contribution is 0.494. The van der Waals surface area contributed by atoms with Crippen LogP contribution >= 0.6 is 22.7 Å². The molecule has 0 spiro atoms. The third kappa shape index (κ3) is 7.37. The van der Waals surface area contributed by atoms with Crippen molar-refractivity contribution in [3.63, 3.8) is 0 Å². The van der Waals surface area contributed by atoms with E-state index in [1.165, 1.54) is 41.9 Å². The maximum Gasteiger partial charge on any atom is 0.256 e. The van der Waals surface area contributed by atoms with Crippen molar-refractivity contribution in [3.8, 4) is 23.0 Å². The van der Waals surface area contributed by atoms with Crippen molar-refractivity contribution in [1.29, 1.82) is 0 Å². The minimum atomic E-state index is -0.220. The maximum atomic E-state index is 7.67. The van der Waals surface area contributed by atoms with Gasteiger partial charge in [0, 0.05) is 100.0 Å². The average molecular weight is 1160 g/mol. The zero-order valence-electron chi connectivity index (χ0n) is 47.3. The van der Waals surface area contributed by atoms with Crippen LogP contribution in [0.15, 0.2) is 291 Å². The number of benzene rings is 13. The number of hydrogen-bond acceptors (Lipinski definition) is 8. The predicted octanol–water partition coefficient (Wildman–Crippen LogP) is 18.2. The largest absolute Gasteiger partial charge is 0.457 e. The lowest BCUT2D eigenvalue weighted by Crippen LogP contribution is -2.63. The quantitative estimate of drug-likeness (QED) is 0.141. The van der Waals surface area contributed by atoms with Gasteiger partial charge in [0.25, 0.3) is 13.4 Å². The highest BCUT2D eigenvalue weighted by atomic mass is 32.1. The second kappa shape index (κ2) is 19.4. The molecule has 0 fully saturated rings. The summed E-state index contributed by atoms with van der Waals surface area (Å²) in [6.45, 7) is -0.439. The topological polar surface area (TPSA) is 31.4 Å². The van der Waals surface area contributed by atoms with Gasteiger partial charge in [-0.25, -0.2) is 0 Å². The molecule has 2 aromatic heterocycles. The van der Waals surface area contributed by atoms with Crippen molar-refractivity contribution in [2.24, 2.45) is 0 Å². The summed E-state index contributed by atoms with van der Waals surface area (Å²) in [6.07, 6.45) is 0. The Morgan fingerprint density at radius 1 is 0.284 bits per heavy atom. The molecule has 0 N–H and O–H groups in total. The smallest absolute Gasteiger partial charge is 0.256 e. The van der Waals surface area contributed by atoms with Gasteiger partial charge < -0.3 is 29.1 Å². The Hall–Kier alpha value is -10.8. The highest BCUT2D eigenvalue weighted by Gasteiger charge is 2.48. The van der Waals surface area contributed by atoms with E-state index in [0.717, 1.165) is 122 Å². The summed E-state index contributed by atoms with van der Waals surface area (Å²) in [4.78, 5) is 9.76. The van der Waals surface area contributed by atoms with Crippen LogP contribution in [-0.2, 0) is 0 Å². The van der Waals surface area contributed by atoms with Gasteiger partial charge in [-0.3, -0.25) is 0 Å². The van der Waals surface area contributed by atoms with Crippen LogP contribution in [0.25, 0.3) is 40.3 Å². The van der Waals surface area contributed by atoms with Gasteiger partial charge in [0.15, 0.2) is 0 Å². The van der Waals surface area contributed by atoms with Crippen molar-refractivity contribution in [2.45, 2.75) is 0 Å². The summed E-state index contributed by atoms with van der Waals surface area (Å²) in [5, 5.41) is 4.88. The summed E-state index contributed by atoms with van der Waals surface area (Å²) in [5.74, 6) is 3.51. The number of thiophene rings is 2. The SMILES string of the molecule is c1ccc(N(c2ccccc2)c2cc3c4c(c2)N(c2ccccc2)c2cc5c(cc2B4c2ccc4c(sc6ccccc64)c2O3)B2c3ccc4c(sc6ccccc64)c3Oc3cc(N(c4ccccc4)c4ccccc4)cc(c32)N5c2ccccc2)cc1. The first-order valence-electron chi connectivity index (χ1n) is 30.0. The minimum Gasteiger partial charge on any atom is -0.457 e. The Labute approximate surface area is 517 Å². The van der Waals surface area contributed by atoms with Crippen LogP contribution in [0.5, 0.6) is 23.0 Å². The van der Waals surface area contributed by atoms with Crippen molar-refractivity contribution in [1.82, 2.24) is 0 Å². The first-order chi connectivity index (χ1) is 43.7. The van der Waals surface area contributed by atoms with Crippen LogP contribution in [0, 0.1) is 0 Å². The number of fused-ring (bicyclic) bond motifs is 16. The van der Waals surface area contributed by atoms with Crippen LogP contribution in [0.4, 0.5) is 68.2 Å². The fraction of sp³-hybridized carbons (Fsp3) is 0. The molecule has 0 saturated carbocycles. The molecular formula is C78H48B2N4O2S2. The lowest BCUT2D eigenvalue weighted by Gasteiger charge is -2.45. The molecule has 0 amide bonds. The second-order valence-electron chi connectivity index (χ2n) is 23.1. The molecule has 410 valence electrons. The zero-order valence-corrected chi connectivity index (χ0v) is 48.9. The van der Waals surface area contributed by atoms with E-state index in [9.17, 15) is 0 Å². The number of nitrogens with zero attached hydrogens (tertiary/aromatic N) is 4. The number of ether oxygens (including phenoxy) is 2. The number of anilines is 12. The molecule has 4 aliphatic rings. The molecule has 10 heteroatoms. The molecule has 88 heavy (non-hydrogen) atoms. The lowest BCUT2D eigenvalue weighted by atomic mass is 9.31. The third-order valence-corrected chi connectivity index (χ3v) is 20.6. The Kier molecular flexibility index (Phi) is 10.9. The fourth-order valence-corrected chi connectivity index (χ4v) is 17.0. The van der Waals surface area contributed by atoms with E-state index < -0.39 is 0 Å². The van der Waals surface area contributed by atoms with Gasteiger partial charge in [-0.1, -0.05) is 176 Å². The molecule has 19 rings (SSSR count). The normalized spacial score (nSPS) is 13.1. The second-order valence-corrected chi connectivity index (χ2v) is 25.2. The molecule has 0 unspecified atom stereocenters. The van der Waals surface area contributed by atoms with Gasteiger partial charge >= 0.3 is 0 Å². The van der Waals surface area contributed by atoms with Crippen molar-refractivity contribution in [3.05, 3.63) is 291 Å². The summed E-state index contributed by atoms with van der Waals surface area (Å²) in [5.41, 5.74) is 19.6.